The highest BCUT2D eigenvalue weighted by atomic mass is 16.6. The molecule has 0 spiro atoms. The van der Waals surface area contributed by atoms with Crippen LogP contribution in [0.3, 0.4) is 0 Å². The molecule has 1 fully saturated rings. The molecule has 4 heteroatoms. The summed E-state index contributed by atoms with van der Waals surface area (Å²) in [6.07, 6.45) is 3.18. The molecule has 2 atom stereocenters. The number of hydrogen-bond acceptors (Lipinski definition) is 4. The minimum Gasteiger partial charge on any atom is -0.508 e. The smallest absolute Gasteiger partial charge is 0.306 e. The van der Waals surface area contributed by atoms with Crippen molar-refractivity contribution in [1.29, 1.82) is 0 Å². The van der Waals surface area contributed by atoms with E-state index in [1.807, 2.05) is 19.1 Å². The molecule has 0 unspecified atom stereocenters. The number of piperidine rings is 1. The summed E-state index contributed by atoms with van der Waals surface area (Å²) in [4.78, 5) is 14.4. The first-order chi connectivity index (χ1) is 10.5. The number of likely N-dealkylation sites (tertiary alicyclic amines) is 1. The van der Waals surface area contributed by atoms with Gasteiger partial charge in [-0.25, -0.2) is 0 Å². The first-order valence-electron chi connectivity index (χ1n) is 8.21. The van der Waals surface area contributed by atoms with E-state index >= 15 is 0 Å². The monoisotopic (exact) mass is 305 g/mol. The molecule has 1 saturated heterocycles. The summed E-state index contributed by atoms with van der Waals surface area (Å²) >= 11 is 0. The van der Waals surface area contributed by atoms with E-state index in [1.54, 1.807) is 12.1 Å². The van der Waals surface area contributed by atoms with E-state index in [0.717, 1.165) is 37.9 Å². The van der Waals surface area contributed by atoms with Crippen LogP contribution in [-0.4, -0.2) is 36.1 Å². The van der Waals surface area contributed by atoms with E-state index in [-0.39, 0.29) is 17.6 Å². The number of carbonyl (C=O) groups is 1. The topological polar surface area (TPSA) is 49.8 Å². The molecule has 4 nitrogen and oxygen atoms in total. The van der Waals surface area contributed by atoms with Crippen LogP contribution in [0.2, 0.25) is 0 Å². The van der Waals surface area contributed by atoms with Gasteiger partial charge in [-0.2, -0.15) is 0 Å². The minimum atomic E-state index is -0.617. The lowest BCUT2D eigenvalue weighted by molar-refractivity contribution is -0.176. The van der Waals surface area contributed by atoms with E-state index in [1.165, 1.54) is 0 Å². The largest absolute Gasteiger partial charge is 0.508 e. The van der Waals surface area contributed by atoms with Crippen LogP contribution in [0.15, 0.2) is 24.3 Å². The number of nitrogens with zero attached hydrogens (tertiary/aromatic N) is 1. The van der Waals surface area contributed by atoms with Crippen molar-refractivity contribution in [2.45, 2.75) is 45.1 Å². The molecule has 1 heterocycles. The third kappa shape index (κ3) is 3.43. The van der Waals surface area contributed by atoms with Gasteiger partial charge < -0.3 is 14.7 Å². The number of rotatable bonds is 5. The summed E-state index contributed by atoms with van der Waals surface area (Å²) in [5, 5.41) is 9.87. The van der Waals surface area contributed by atoms with Crippen molar-refractivity contribution in [3.63, 3.8) is 0 Å². The lowest BCUT2D eigenvalue weighted by Gasteiger charge is -2.46. The van der Waals surface area contributed by atoms with Crippen molar-refractivity contribution < 1.29 is 14.6 Å². The second-order valence-corrected chi connectivity index (χ2v) is 6.27. The number of phenolic OH excluding ortho intramolecular Hbond substituents is 1. The number of ether oxygens (including phenoxy) is 1. The van der Waals surface area contributed by atoms with E-state index in [9.17, 15) is 9.90 Å². The number of carbonyl (C=O) groups excluding carboxylic acids is 1. The summed E-state index contributed by atoms with van der Waals surface area (Å²) in [6, 6.07) is 7.20. The lowest BCUT2D eigenvalue weighted by atomic mass is 9.73. The molecular formula is C18H27NO3. The standard InChI is InChI=1S/C18H27NO3/c1-4-7-15-13-19(3)11-10-18(15,22-17(21)5-2)14-8-6-9-16(20)12-14/h6,8-9,12,15,20H,4-5,7,10-11,13H2,1-3H3/t15-,18+/m0/s1. The molecule has 1 N–H and O–H groups in total. The Balaban J connectivity index is 2.45. The molecule has 22 heavy (non-hydrogen) atoms. The maximum Gasteiger partial charge on any atom is 0.306 e. The van der Waals surface area contributed by atoms with Crippen LogP contribution in [-0.2, 0) is 15.1 Å². The van der Waals surface area contributed by atoms with Crippen molar-refractivity contribution in [3.8, 4) is 5.75 Å². The first-order valence-corrected chi connectivity index (χ1v) is 8.21. The second kappa shape index (κ2) is 7.14. The average Bonchev–Trinajstić information content (AvgIpc) is 2.50. The van der Waals surface area contributed by atoms with Crippen molar-refractivity contribution in [2.24, 2.45) is 5.92 Å². The van der Waals surface area contributed by atoms with Gasteiger partial charge in [0.2, 0.25) is 0 Å². The molecule has 1 aromatic carbocycles. The van der Waals surface area contributed by atoms with Crippen molar-refractivity contribution in [2.75, 3.05) is 20.1 Å². The molecule has 1 aromatic rings. The summed E-state index contributed by atoms with van der Waals surface area (Å²) in [5.74, 6) is 0.293. The Labute approximate surface area is 133 Å². The summed E-state index contributed by atoms with van der Waals surface area (Å²) in [6.45, 7) is 5.76. The molecule has 0 aromatic heterocycles. The third-order valence-corrected chi connectivity index (χ3v) is 4.61. The number of benzene rings is 1. The maximum atomic E-state index is 12.1. The Bertz CT molecular complexity index is 517. The Morgan fingerprint density at radius 3 is 2.86 bits per heavy atom. The van der Waals surface area contributed by atoms with Crippen molar-refractivity contribution in [3.05, 3.63) is 29.8 Å². The Morgan fingerprint density at radius 1 is 1.45 bits per heavy atom. The number of esters is 1. The number of phenols is 1. The number of aromatic hydroxyl groups is 1. The minimum absolute atomic E-state index is 0.172. The van der Waals surface area contributed by atoms with Gasteiger partial charge >= 0.3 is 5.97 Å². The quantitative estimate of drug-likeness (QED) is 0.848. The molecule has 122 valence electrons. The van der Waals surface area contributed by atoms with Gasteiger partial charge in [0.1, 0.15) is 11.4 Å². The molecule has 1 aliphatic heterocycles. The van der Waals surface area contributed by atoms with Gasteiger partial charge in [0, 0.05) is 31.8 Å². The zero-order valence-corrected chi connectivity index (χ0v) is 13.8. The van der Waals surface area contributed by atoms with E-state index < -0.39 is 5.60 Å². The highest BCUT2D eigenvalue weighted by Gasteiger charge is 2.46. The van der Waals surface area contributed by atoms with Crippen molar-refractivity contribution in [1.82, 2.24) is 4.90 Å². The summed E-state index contributed by atoms with van der Waals surface area (Å²) in [5.41, 5.74) is 0.301. The van der Waals surface area contributed by atoms with Gasteiger partial charge in [-0.1, -0.05) is 32.4 Å². The van der Waals surface area contributed by atoms with Crippen LogP contribution in [0.25, 0.3) is 0 Å². The Kier molecular flexibility index (Phi) is 5.46. The lowest BCUT2D eigenvalue weighted by Crippen LogP contribution is -2.51. The second-order valence-electron chi connectivity index (χ2n) is 6.27. The fourth-order valence-corrected chi connectivity index (χ4v) is 3.47. The molecule has 0 saturated carbocycles. The Morgan fingerprint density at radius 2 is 2.23 bits per heavy atom. The molecule has 0 radical (unpaired) electrons. The zero-order chi connectivity index (χ0) is 16.2. The van der Waals surface area contributed by atoms with Crippen LogP contribution in [0.4, 0.5) is 0 Å². The predicted octanol–water partition coefficient (Wildman–Crippen LogP) is 3.29. The van der Waals surface area contributed by atoms with Gasteiger partial charge in [-0.15, -0.1) is 0 Å². The van der Waals surface area contributed by atoms with Crippen LogP contribution in [0, 0.1) is 5.92 Å². The first kappa shape index (κ1) is 16.8. The Hall–Kier alpha value is -1.55. The highest BCUT2D eigenvalue weighted by molar-refractivity contribution is 5.69. The highest BCUT2D eigenvalue weighted by Crippen LogP contribution is 2.44. The van der Waals surface area contributed by atoms with Crippen LogP contribution < -0.4 is 0 Å². The van der Waals surface area contributed by atoms with Gasteiger partial charge in [0.05, 0.1) is 0 Å². The molecule has 2 rings (SSSR count). The molecule has 0 bridgehead atoms. The van der Waals surface area contributed by atoms with Gasteiger partial charge in [0.15, 0.2) is 0 Å². The van der Waals surface area contributed by atoms with Gasteiger partial charge in [-0.3, -0.25) is 4.79 Å². The molecule has 1 aliphatic rings. The van der Waals surface area contributed by atoms with E-state index in [2.05, 4.69) is 18.9 Å². The number of hydrogen-bond donors (Lipinski definition) is 1. The summed E-state index contributed by atoms with van der Waals surface area (Å²) in [7, 11) is 2.11. The SMILES string of the molecule is CCC[C@H]1CN(C)CC[C@@]1(OC(=O)CC)c1cccc(O)c1. The van der Waals surface area contributed by atoms with Gasteiger partial charge in [0.25, 0.3) is 0 Å². The van der Waals surface area contributed by atoms with Gasteiger partial charge in [-0.05, 0) is 31.2 Å². The molecule has 0 amide bonds. The molecule has 0 aliphatic carbocycles. The normalized spacial score (nSPS) is 25.9. The fourth-order valence-electron chi connectivity index (χ4n) is 3.47. The average molecular weight is 305 g/mol. The van der Waals surface area contributed by atoms with E-state index in [0.29, 0.717) is 6.42 Å². The predicted molar refractivity (Wildman–Crippen MR) is 86.7 cm³/mol. The van der Waals surface area contributed by atoms with Crippen molar-refractivity contribution >= 4 is 5.97 Å². The molecular weight excluding hydrogens is 278 g/mol. The zero-order valence-electron chi connectivity index (χ0n) is 13.8. The van der Waals surface area contributed by atoms with Crippen LogP contribution in [0.1, 0.15) is 45.1 Å². The summed E-state index contributed by atoms with van der Waals surface area (Å²) < 4.78 is 6.01. The third-order valence-electron chi connectivity index (χ3n) is 4.61. The van der Waals surface area contributed by atoms with E-state index in [4.69, 9.17) is 4.74 Å². The fraction of sp³-hybridized carbons (Fsp3) is 0.611. The van der Waals surface area contributed by atoms with Crippen LogP contribution in [0.5, 0.6) is 5.75 Å². The maximum absolute atomic E-state index is 12.1. The van der Waals surface area contributed by atoms with Crippen LogP contribution >= 0.6 is 0 Å².